The van der Waals surface area contributed by atoms with E-state index < -0.39 is 22.7 Å². The molecule has 0 bridgehead atoms. The van der Waals surface area contributed by atoms with E-state index in [-0.39, 0.29) is 28.5 Å². The molecule has 0 saturated carbocycles. The van der Waals surface area contributed by atoms with E-state index >= 15 is 0 Å². The summed E-state index contributed by atoms with van der Waals surface area (Å²) in [5.41, 5.74) is 1.51. The van der Waals surface area contributed by atoms with Gasteiger partial charge < -0.3 is 13.6 Å². The van der Waals surface area contributed by atoms with Crippen LogP contribution in [0.2, 0.25) is 0 Å². The fourth-order valence-electron chi connectivity index (χ4n) is 3.35. The van der Waals surface area contributed by atoms with Gasteiger partial charge in [-0.3, -0.25) is 19.7 Å². The number of fused-ring (bicyclic) bond motifs is 1. The van der Waals surface area contributed by atoms with Gasteiger partial charge in [0.05, 0.1) is 16.6 Å². The molecule has 0 aliphatic rings. The third kappa shape index (κ3) is 3.83. The number of Topliss-reactive ketones (excluding diaryl/α,β-unsaturated/α-hetero) is 1. The summed E-state index contributed by atoms with van der Waals surface area (Å²) in [6.45, 7) is 3.19. The van der Waals surface area contributed by atoms with Gasteiger partial charge in [-0.15, -0.1) is 0 Å². The van der Waals surface area contributed by atoms with E-state index in [1.54, 1.807) is 18.2 Å². The summed E-state index contributed by atoms with van der Waals surface area (Å²) in [6, 6.07) is 12.1. The molecule has 2 aromatic carbocycles. The fraction of sp³-hybridized carbons (Fsp3) is 0.130. The molecule has 156 valence electrons. The summed E-state index contributed by atoms with van der Waals surface area (Å²) in [7, 11) is 0. The number of non-ortho nitro benzene ring substituents is 1. The third-order valence-corrected chi connectivity index (χ3v) is 4.75. The van der Waals surface area contributed by atoms with Gasteiger partial charge in [0.25, 0.3) is 5.69 Å². The van der Waals surface area contributed by atoms with Crippen molar-refractivity contribution in [3.8, 4) is 17.3 Å². The number of rotatable bonds is 6. The van der Waals surface area contributed by atoms with Crippen LogP contribution < -0.4 is 10.2 Å². The standard InChI is InChI=1S/C23H17NO7/c1-13-9-14(2)21-17(10-13)20(26)23(22(31-21)19-7-4-8-29-19)30-12-18(25)15-5-3-6-16(11-15)24(27)28/h3-11H,12H2,1-2H3. The van der Waals surface area contributed by atoms with Crippen LogP contribution in [0.3, 0.4) is 0 Å². The zero-order chi connectivity index (χ0) is 22.1. The minimum Gasteiger partial charge on any atom is -0.478 e. The molecule has 0 fully saturated rings. The first-order valence-electron chi connectivity index (χ1n) is 9.37. The Hall–Kier alpha value is -4.20. The van der Waals surface area contributed by atoms with E-state index in [0.29, 0.717) is 11.0 Å². The van der Waals surface area contributed by atoms with Crippen molar-refractivity contribution in [2.45, 2.75) is 13.8 Å². The molecule has 0 saturated heterocycles. The van der Waals surface area contributed by atoms with E-state index in [9.17, 15) is 19.7 Å². The molecule has 4 aromatic rings. The van der Waals surface area contributed by atoms with E-state index in [2.05, 4.69) is 0 Å². The molecule has 8 nitrogen and oxygen atoms in total. The lowest BCUT2D eigenvalue weighted by molar-refractivity contribution is -0.384. The van der Waals surface area contributed by atoms with Gasteiger partial charge in [-0.2, -0.15) is 0 Å². The van der Waals surface area contributed by atoms with E-state index in [0.717, 1.165) is 17.2 Å². The molecule has 0 aliphatic heterocycles. The number of furan rings is 1. The first kappa shape index (κ1) is 20.1. The number of carbonyl (C=O) groups is 1. The topological polar surface area (TPSA) is 113 Å². The van der Waals surface area contributed by atoms with E-state index in [1.165, 1.54) is 24.5 Å². The molecule has 8 heteroatoms. The number of nitro groups is 1. The lowest BCUT2D eigenvalue weighted by Gasteiger charge is -2.11. The van der Waals surface area contributed by atoms with Gasteiger partial charge in [0.15, 0.2) is 18.2 Å². The number of nitro benzene ring substituents is 1. The van der Waals surface area contributed by atoms with Crippen LogP contribution in [0, 0.1) is 24.0 Å². The molecular weight excluding hydrogens is 402 g/mol. The molecule has 0 N–H and O–H groups in total. The van der Waals surface area contributed by atoms with Gasteiger partial charge in [0.1, 0.15) is 5.58 Å². The largest absolute Gasteiger partial charge is 0.478 e. The number of carbonyl (C=O) groups excluding carboxylic acids is 1. The second-order valence-electron chi connectivity index (χ2n) is 7.04. The van der Waals surface area contributed by atoms with Crippen LogP contribution in [0.1, 0.15) is 21.5 Å². The molecule has 0 amide bonds. The molecular formula is C23H17NO7. The number of ether oxygens (including phenoxy) is 1. The Morgan fingerprint density at radius 2 is 1.94 bits per heavy atom. The molecule has 0 aliphatic carbocycles. The average Bonchev–Trinajstić information content (AvgIpc) is 3.28. The highest BCUT2D eigenvalue weighted by atomic mass is 16.6. The van der Waals surface area contributed by atoms with Gasteiger partial charge in [0, 0.05) is 17.7 Å². The van der Waals surface area contributed by atoms with Crippen LogP contribution in [-0.4, -0.2) is 17.3 Å². The van der Waals surface area contributed by atoms with Crippen LogP contribution in [0.25, 0.3) is 22.5 Å². The normalized spacial score (nSPS) is 10.9. The van der Waals surface area contributed by atoms with Crippen molar-refractivity contribution in [1.29, 1.82) is 0 Å². The monoisotopic (exact) mass is 419 g/mol. The second kappa shape index (κ2) is 7.91. The van der Waals surface area contributed by atoms with Crippen LogP contribution in [0.15, 0.2) is 68.4 Å². The van der Waals surface area contributed by atoms with Crippen LogP contribution in [0.4, 0.5) is 5.69 Å². The molecule has 2 aromatic heterocycles. The van der Waals surface area contributed by atoms with Gasteiger partial charge in [-0.25, -0.2) is 0 Å². The zero-order valence-corrected chi connectivity index (χ0v) is 16.7. The van der Waals surface area contributed by atoms with Gasteiger partial charge in [-0.05, 0) is 43.2 Å². The first-order valence-corrected chi connectivity index (χ1v) is 9.37. The highest BCUT2D eigenvalue weighted by Crippen LogP contribution is 2.32. The molecule has 4 rings (SSSR count). The van der Waals surface area contributed by atoms with Crippen molar-refractivity contribution in [2.24, 2.45) is 0 Å². The first-order chi connectivity index (χ1) is 14.8. The molecule has 0 radical (unpaired) electrons. The van der Waals surface area contributed by atoms with Gasteiger partial charge >= 0.3 is 0 Å². The Bertz CT molecular complexity index is 1370. The maximum Gasteiger partial charge on any atom is 0.270 e. The molecule has 31 heavy (non-hydrogen) atoms. The Kier molecular flexibility index (Phi) is 5.12. The number of benzene rings is 2. The van der Waals surface area contributed by atoms with E-state index in [4.69, 9.17) is 13.6 Å². The summed E-state index contributed by atoms with van der Waals surface area (Å²) in [5, 5.41) is 11.3. The highest BCUT2D eigenvalue weighted by Gasteiger charge is 2.22. The maximum absolute atomic E-state index is 13.2. The second-order valence-corrected chi connectivity index (χ2v) is 7.04. The van der Waals surface area contributed by atoms with Crippen molar-refractivity contribution in [3.05, 3.63) is 91.8 Å². The van der Waals surface area contributed by atoms with Crippen LogP contribution in [0.5, 0.6) is 5.75 Å². The molecule has 0 spiro atoms. The summed E-state index contributed by atoms with van der Waals surface area (Å²) in [6.07, 6.45) is 1.43. The highest BCUT2D eigenvalue weighted by molar-refractivity contribution is 5.98. The summed E-state index contributed by atoms with van der Waals surface area (Å²) < 4.78 is 17.0. The Balaban J connectivity index is 1.76. The number of aryl methyl sites for hydroxylation is 2. The van der Waals surface area contributed by atoms with Gasteiger partial charge in [-0.1, -0.05) is 18.2 Å². The Labute approximate surface area is 175 Å². The quantitative estimate of drug-likeness (QED) is 0.250. The molecule has 0 atom stereocenters. The summed E-state index contributed by atoms with van der Waals surface area (Å²) in [4.78, 5) is 36.2. The minimum atomic E-state index is -0.588. The van der Waals surface area contributed by atoms with Crippen molar-refractivity contribution < 1.29 is 23.3 Å². The van der Waals surface area contributed by atoms with Crippen molar-refractivity contribution in [3.63, 3.8) is 0 Å². The molecule has 2 heterocycles. The smallest absolute Gasteiger partial charge is 0.270 e. The predicted molar refractivity (Wildman–Crippen MR) is 113 cm³/mol. The predicted octanol–water partition coefficient (Wildman–Crippen LogP) is 4.84. The lowest BCUT2D eigenvalue weighted by Crippen LogP contribution is -2.17. The third-order valence-electron chi connectivity index (χ3n) is 4.75. The number of ketones is 1. The number of hydrogen-bond acceptors (Lipinski definition) is 7. The zero-order valence-electron chi connectivity index (χ0n) is 16.7. The number of nitrogens with zero attached hydrogens (tertiary/aromatic N) is 1. The molecule has 0 unspecified atom stereocenters. The summed E-state index contributed by atoms with van der Waals surface area (Å²) in [5.74, 6) is -0.335. The maximum atomic E-state index is 13.2. The van der Waals surface area contributed by atoms with Crippen molar-refractivity contribution >= 4 is 22.4 Å². The van der Waals surface area contributed by atoms with Crippen molar-refractivity contribution in [1.82, 2.24) is 0 Å². The van der Waals surface area contributed by atoms with Gasteiger partial charge in [0.2, 0.25) is 16.9 Å². The Morgan fingerprint density at radius 3 is 2.65 bits per heavy atom. The SMILES string of the molecule is Cc1cc(C)c2oc(-c3ccco3)c(OCC(=O)c3cccc([N+](=O)[O-])c3)c(=O)c2c1. The lowest BCUT2D eigenvalue weighted by atomic mass is 10.1. The van der Waals surface area contributed by atoms with E-state index in [1.807, 2.05) is 19.9 Å². The fourth-order valence-corrected chi connectivity index (χ4v) is 3.35. The minimum absolute atomic E-state index is 0.0706. The van der Waals surface area contributed by atoms with Crippen LogP contribution >= 0.6 is 0 Å². The van der Waals surface area contributed by atoms with Crippen molar-refractivity contribution in [2.75, 3.05) is 6.61 Å². The van der Waals surface area contributed by atoms with Crippen LogP contribution in [-0.2, 0) is 0 Å². The summed E-state index contributed by atoms with van der Waals surface area (Å²) >= 11 is 0. The average molecular weight is 419 g/mol. The number of hydrogen-bond donors (Lipinski definition) is 0. The Morgan fingerprint density at radius 1 is 1.13 bits per heavy atom.